The van der Waals surface area contributed by atoms with Crippen LogP contribution in [0.15, 0.2) is 18.2 Å². The number of amides is 1. The van der Waals surface area contributed by atoms with E-state index in [-0.39, 0.29) is 18.3 Å². The molecule has 0 bridgehead atoms. The number of rotatable bonds is 5. The first-order valence-corrected chi connectivity index (χ1v) is 6.90. The van der Waals surface area contributed by atoms with Crippen LogP contribution in [-0.4, -0.2) is 25.0 Å². The summed E-state index contributed by atoms with van der Waals surface area (Å²) in [6, 6.07) is 6.09. The molecule has 0 aliphatic heterocycles. The second-order valence-corrected chi connectivity index (χ2v) is 5.18. The lowest BCUT2D eigenvalue weighted by Gasteiger charge is -2.14. The normalized spacial score (nSPS) is 11.6. The summed E-state index contributed by atoms with van der Waals surface area (Å²) in [6.07, 6.45) is 0. The molecular formula is C13H20ClIN2O. The number of benzene rings is 1. The van der Waals surface area contributed by atoms with E-state index in [2.05, 4.69) is 47.1 Å². The van der Waals surface area contributed by atoms with Gasteiger partial charge in [-0.3, -0.25) is 4.79 Å². The van der Waals surface area contributed by atoms with E-state index in [1.807, 2.05) is 25.1 Å². The molecule has 0 saturated heterocycles. The maximum Gasteiger partial charge on any atom is 0.252 e. The van der Waals surface area contributed by atoms with Crippen LogP contribution < -0.4 is 10.6 Å². The Balaban J connectivity index is 0.00000289. The van der Waals surface area contributed by atoms with Gasteiger partial charge in [0, 0.05) is 16.2 Å². The van der Waals surface area contributed by atoms with Crippen LogP contribution in [0.4, 0.5) is 0 Å². The van der Waals surface area contributed by atoms with Gasteiger partial charge in [0.15, 0.2) is 0 Å². The summed E-state index contributed by atoms with van der Waals surface area (Å²) >= 11 is 2.22. The van der Waals surface area contributed by atoms with E-state index in [9.17, 15) is 4.79 Å². The summed E-state index contributed by atoms with van der Waals surface area (Å²) in [6.45, 7) is 7.70. The molecule has 3 nitrogen and oxygen atoms in total. The SMILES string of the molecule is CCN[C@H](C)CNC(=O)c1cccc(C)c1I.Cl. The number of nitrogens with one attached hydrogen (secondary N) is 2. The standard InChI is InChI=1S/C13H19IN2O.ClH/c1-4-15-10(3)8-16-13(17)11-7-5-6-9(2)12(11)14;/h5-7,10,15H,4,8H2,1-3H3,(H,16,17);1H/t10-;/m1./s1. The Morgan fingerprint density at radius 2 is 2.11 bits per heavy atom. The van der Waals surface area contributed by atoms with Gasteiger partial charge in [0.1, 0.15) is 0 Å². The first-order chi connectivity index (χ1) is 8.06. The number of likely N-dealkylation sites (N-methyl/N-ethyl adjacent to an activating group) is 1. The van der Waals surface area contributed by atoms with Gasteiger partial charge in [0.05, 0.1) is 5.56 Å². The van der Waals surface area contributed by atoms with Crippen LogP contribution in [0.3, 0.4) is 0 Å². The summed E-state index contributed by atoms with van der Waals surface area (Å²) in [7, 11) is 0. The fourth-order valence-corrected chi connectivity index (χ4v) is 2.19. The maximum absolute atomic E-state index is 12.0. The van der Waals surface area contributed by atoms with Gasteiger partial charge in [-0.1, -0.05) is 19.1 Å². The van der Waals surface area contributed by atoms with Crippen LogP contribution in [-0.2, 0) is 0 Å². The molecule has 0 heterocycles. The van der Waals surface area contributed by atoms with Crippen LogP contribution in [0.5, 0.6) is 0 Å². The lowest BCUT2D eigenvalue weighted by Crippen LogP contribution is -2.39. The molecule has 1 amide bonds. The van der Waals surface area contributed by atoms with E-state index in [1.54, 1.807) is 0 Å². The summed E-state index contributed by atoms with van der Waals surface area (Å²) < 4.78 is 1.03. The average molecular weight is 383 g/mol. The third-order valence-corrected chi connectivity index (χ3v) is 3.99. The predicted molar refractivity (Wildman–Crippen MR) is 86.6 cm³/mol. The van der Waals surface area contributed by atoms with Crippen molar-refractivity contribution in [3.05, 3.63) is 32.9 Å². The number of aryl methyl sites for hydroxylation is 1. The molecule has 1 aromatic carbocycles. The zero-order chi connectivity index (χ0) is 12.8. The Kier molecular flexibility index (Phi) is 8.56. The van der Waals surface area contributed by atoms with Crippen LogP contribution in [0, 0.1) is 10.5 Å². The van der Waals surface area contributed by atoms with Crippen molar-refractivity contribution in [2.24, 2.45) is 0 Å². The summed E-state index contributed by atoms with van der Waals surface area (Å²) in [5.74, 6) is 0.00264. The van der Waals surface area contributed by atoms with Gasteiger partial charge in [0.2, 0.25) is 0 Å². The van der Waals surface area contributed by atoms with Gasteiger partial charge in [-0.05, 0) is 54.6 Å². The monoisotopic (exact) mass is 382 g/mol. The highest BCUT2D eigenvalue weighted by atomic mass is 127. The smallest absolute Gasteiger partial charge is 0.252 e. The molecule has 1 aromatic rings. The average Bonchev–Trinajstić information content (AvgIpc) is 2.30. The fourth-order valence-electron chi connectivity index (χ4n) is 1.58. The Bertz CT molecular complexity index is 399. The Morgan fingerprint density at radius 1 is 1.44 bits per heavy atom. The third-order valence-electron chi connectivity index (χ3n) is 2.56. The van der Waals surface area contributed by atoms with Gasteiger partial charge in [0.25, 0.3) is 5.91 Å². The molecule has 0 unspecified atom stereocenters. The van der Waals surface area contributed by atoms with E-state index >= 15 is 0 Å². The molecule has 0 aliphatic rings. The molecule has 0 aliphatic carbocycles. The van der Waals surface area contributed by atoms with Gasteiger partial charge in [-0.25, -0.2) is 0 Å². The van der Waals surface area contributed by atoms with Crippen LogP contribution in [0.25, 0.3) is 0 Å². The predicted octanol–water partition coefficient (Wildman–Crippen LogP) is 2.75. The topological polar surface area (TPSA) is 41.1 Å². The molecule has 5 heteroatoms. The van der Waals surface area contributed by atoms with Crippen molar-refractivity contribution in [1.82, 2.24) is 10.6 Å². The van der Waals surface area contributed by atoms with E-state index in [1.165, 1.54) is 0 Å². The highest BCUT2D eigenvalue weighted by Crippen LogP contribution is 2.16. The number of hydrogen-bond donors (Lipinski definition) is 2. The van der Waals surface area contributed by atoms with Crippen LogP contribution >= 0.6 is 35.0 Å². The molecule has 0 fully saturated rings. The van der Waals surface area contributed by atoms with Gasteiger partial charge in [-0.2, -0.15) is 0 Å². The van der Waals surface area contributed by atoms with Crippen molar-refractivity contribution < 1.29 is 4.79 Å². The van der Waals surface area contributed by atoms with Crippen molar-refractivity contribution in [3.63, 3.8) is 0 Å². The van der Waals surface area contributed by atoms with E-state index in [0.717, 1.165) is 21.2 Å². The second kappa shape index (κ2) is 8.72. The Hall–Kier alpha value is -0.330. The fraction of sp³-hybridized carbons (Fsp3) is 0.462. The Morgan fingerprint density at radius 3 is 2.72 bits per heavy atom. The number of carbonyl (C=O) groups is 1. The molecule has 1 rings (SSSR count). The minimum absolute atomic E-state index is 0. The van der Waals surface area contributed by atoms with Gasteiger partial charge in [-0.15, -0.1) is 12.4 Å². The third kappa shape index (κ3) is 5.12. The van der Waals surface area contributed by atoms with Gasteiger partial charge >= 0.3 is 0 Å². The highest BCUT2D eigenvalue weighted by molar-refractivity contribution is 14.1. The number of halogens is 2. The summed E-state index contributed by atoms with van der Waals surface area (Å²) in [4.78, 5) is 12.0. The minimum atomic E-state index is 0. The zero-order valence-electron chi connectivity index (χ0n) is 10.9. The number of carbonyl (C=O) groups excluding carboxylic acids is 1. The molecule has 0 aromatic heterocycles. The molecule has 2 N–H and O–H groups in total. The molecular weight excluding hydrogens is 363 g/mol. The quantitative estimate of drug-likeness (QED) is 0.769. The van der Waals surface area contributed by atoms with E-state index in [4.69, 9.17) is 0 Å². The van der Waals surface area contributed by atoms with Crippen molar-refractivity contribution in [1.29, 1.82) is 0 Å². The lowest BCUT2D eigenvalue weighted by molar-refractivity contribution is 0.0949. The summed E-state index contributed by atoms with van der Waals surface area (Å²) in [5, 5.41) is 6.21. The van der Waals surface area contributed by atoms with Crippen LogP contribution in [0.2, 0.25) is 0 Å². The molecule has 0 saturated carbocycles. The molecule has 0 spiro atoms. The minimum Gasteiger partial charge on any atom is -0.350 e. The highest BCUT2D eigenvalue weighted by Gasteiger charge is 2.11. The zero-order valence-corrected chi connectivity index (χ0v) is 13.9. The van der Waals surface area contributed by atoms with Crippen molar-refractivity contribution in [2.45, 2.75) is 26.8 Å². The van der Waals surface area contributed by atoms with Crippen LogP contribution in [0.1, 0.15) is 29.8 Å². The van der Waals surface area contributed by atoms with Crippen molar-refractivity contribution in [3.8, 4) is 0 Å². The summed E-state index contributed by atoms with van der Waals surface area (Å²) in [5.41, 5.74) is 1.90. The molecule has 18 heavy (non-hydrogen) atoms. The first kappa shape index (κ1) is 17.7. The van der Waals surface area contributed by atoms with Crippen molar-refractivity contribution >= 4 is 40.9 Å². The molecule has 0 radical (unpaired) electrons. The molecule has 102 valence electrons. The first-order valence-electron chi connectivity index (χ1n) is 5.83. The molecule has 1 atom stereocenters. The van der Waals surface area contributed by atoms with E-state index < -0.39 is 0 Å². The van der Waals surface area contributed by atoms with Gasteiger partial charge < -0.3 is 10.6 Å². The largest absolute Gasteiger partial charge is 0.350 e. The number of hydrogen-bond acceptors (Lipinski definition) is 2. The lowest BCUT2D eigenvalue weighted by atomic mass is 10.1. The van der Waals surface area contributed by atoms with E-state index in [0.29, 0.717) is 12.6 Å². The maximum atomic E-state index is 12.0. The second-order valence-electron chi connectivity index (χ2n) is 4.11. The Labute approximate surface area is 129 Å². The van der Waals surface area contributed by atoms with Crippen molar-refractivity contribution in [2.75, 3.05) is 13.1 Å².